The fourth-order valence-corrected chi connectivity index (χ4v) is 3.47. The van der Waals surface area contributed by atoms with Crippen LogP contribution in [-0.4, -0.2) is 31.5 Å². The van der Waals surface area contributed by atoms with Crippen molar-refractivity contribution < 1.29 is 23.8 Å². The Morgan fingerprint density at radius 2 is 1.97 bits per heavy atom. The van der Waals surface area contributed by atoms with Crippen LogP contribution >= 0.6 is 0 Å². The molecular weight excluding hydrogens is 370 g/mol. The third kappa shape index (κ3) is 4.88. The molecule has 0 radical (unpaired) electrons. The molecule has 1 N–H and O–H groups in total. The van der Waals surface area contributed by atoms with Gasteiger partial charge < -0.3 is 19.5 Å². The molecule has 0 saturated carbocycles. The minimum Gasteiger partial charge on any atom is -0.496 e. The SMILES string of the molecule is CCOc1cc2c(cc1CNC(=O)Cc1cc(C(C)=O)ccc1OC)OC(C)C2. The van der Waals surface area contributed by atoms with Gasteiger partial charge in [-0.1, -0.05) is 0 Å². The van der Waals surface area contributed by atoms with Crippen molar-refractivity contribution in [2.75, 3.05) is 13.7 Å². The first kappa shape index (κ1) is 20.7. The fourth-order valence-electron chi connectivity index (χ4n) is 3.47. The Labute approximate surface area is 171 Å². The molecule has 6 nitrogen and oxygen atoms in total. The topological polar surface area (TPSA) is 73.9 Å². The lowest BCUT2D eigenvalue weighted by atomic mass is 10.0. The maximum atomic E-state index is 12.6. The van der Waals surface area contributed by atoms with Gasteiger partial charge in [-0.3, -0.25) is 9.59 Å². The minimum atomic E-state index is -0.166. The summed E-state index contributed by atoms with van der Waals surface area (Å²) in [7, 11) is 1.55. The summed E-state index contributed by atoms with van der Waals surface area (Å²) in [6.45, 7) is 6.34. The third-order valence-corrected chi connectivity index (χ3v) is 4.89. The van der Waals surface area contributed by atoms with Gasteiger partial charge in [0.1, 0.15) is 23.4 Å². The summed E-state index contributed by atoms with van der Waals surface area (Å²) in [6.07, 6.45) is 1.12. The van der Waals surface area contributed by atoms with Crippen LogP contribution in [-0.2, 0) is 24.2 Å². The summed E-state index contributed by atoms with van der Waals surface area (Å²) < 4.78 is 16.9. The molecule has 1 heterocycles. The first-order valence-electron chi connectivity index (χ1n) is 9.81. The van der Waals surface area contributed by atoms with Crippen molar-refractivity contribution >= 4 is 11.7 Å². The molecule has 0 saturated heterocycles. The van der Waals surface area contributed by atoms with Crippen LogP contribution < -0.4 is 19.5 Å². The Bertz CT molecular complexity index is 922. The largest absolute Gasteiger partial charge is 0.496 e. The molecule has 29 heavy (non-hydrogen) atoms. The van der Waals surface area contributed by atoms with Crippen LogP contribution in [0.4, 0.5) is 0 Å². The van der Waals surface area contributed by atoms with Crippen LogP contribution in [0.1, 0.15) is 47.8 Å². The molecular formula is C23H27NO5. The van der Waals surface area contributed by atoms with Crippen molar-refractivity contribution in [1.29, 1.82) is 0 Å². The molecule has 1 atom stereocenters. The van der Waals surface area contributed by atoms with Crippen molar-refractivity contribution in [3.63, 3.8) is 0 Å². The Kier molecular flexibility index (Phi) is 6.42. The van der Waals surface area contributed by atoms with E-state index in [1.165, 1.54) is 6.92 Å². The number of hydrogen-bond donors (Lipinski definition) is 1. The lowest BCUT2D eigenvalue weighted by molar-refractivity contribution is -0.120. The van der Waals surface area contributed by atoms with E-state index in [0.717, 1.165) is 29.0 Å². The van der Waals surface area contributed by atoms with E-state index in [1.54, 1.807) is 25.3 Å². The number of carbonyl (C=O) groups excluding carboxylic acids is 2. The smallest absolute Gasteiger partial charge is 0.224 e. The number of carbonyl (C=O) groups is 2. The zero-order valence-corrected chi connectivity index (χ0v) is 17.3. The molecule has 1 aliphatic heterocycles. The maximum absolute atomic E-state index is 12.6. The Hall–Kier alpha value is -3.02. The zero-order valence-electron chi connectivity index (χ0n) is 17.3. The van der Waals surface area contributed by atoms with Crippen LogP contribution in [0.5, 0.6) is 17.2 Å². The second kappa shape index (κ2) is 8.99. The highest BCUT2D eigenvalue weighted by atomic mass is 16.5. The molecule has 0 spiro atoms. The van der Waals surface area contributed by atoms with E-state index in [4.69, 9.17) is 14.2 Å². The number of fused-ring (bicyclic) bond motifs is 1. The number of benzene rings is 2. The van der Waals surface area contributed by atoms with Gasteiger partial charge in [0.25, 0.3) is 0 Å². The first-order valence-corrected chi connectivity index (χ1v) is 9.81. The molecule has 0 aliphatic carbocycles. The summed E-state index contributed by atoms with van der Waals surface area (Å²) in [5.74, 6) is 1.98. The Morgan fingerprint density at radius 3 is 2.66 bits per heavy atom. The van der Waals surface area contributed by atoms with Crippen LogP contribution in [0, 0.1) is 0 Å². The van der Waals surface area contributed by atoms with Gasteiger partial charge in [-0.15, -0.1) is 0 Å². The molecule has 1 amide bonds. The van der Waals surface area contributed by atoms with E-state index in [2.05, 4.69) is 5.32 Å². The van der Waals surface area contributed by atoms with Crippen LogP contribution in [0.3, 0.4) is 0 Å². The molecule has 3 rings (SSSR count). The second-order valence-electron chi connectivity index (χ2n) is 7.17. The number of hydrogen-bond acceptors (Lipinski definition) is 5. The minimum absolute atomic E-state index is 0.0527. The lowest BCUT2D eigenvalue weighted by Gasteiger charge is -2.14. The van der Waals surface area contributed by atoms with Gasteiger partial charge in [-0.05, 0) is 51.1 Å². The second-order valence-corrected chi connectivity index (χ2v) is 7.17. The van der Waals surface area contributed by atoms with Crippen molar-refractivity contribution in [1.82, 2.24) is 5.32 Å². The summed E-state index contributed by atoms with van der Waals surface area (Å²) in [5.41, 5.74) is 3.23. The van der Waals surface area contributed by atoms with Gasteiger partial charge in [-0.25, -0.2) is 0 Å². The predicted octanol–water partition coefficient (Wildman–Crippen LogP) is 3.48. The lowest BCUT2D eigenvalue weighted by Crippen LogP contribution is -2.25. The average molecular weight is 397 g/mol. The molecule has 0 fully saturated rings. The number of rotatable bonds is 8. The summed E-state index contributed by atoms with van der Waals surface area (Å²) in [4.78, 5) is 24.2. The monoisotopic (exact) mass is 397 g/mol. The molecule has 6 heteroatoms. The van der Waals surface area contributed by atoms with E-state index < -0.39 is 0 Å². The molecule has 0 bridgehead atoms. The van der Waals surface area contributed by atoms with Gasteiger partial charge >= 0.3 is 0 Å². The van der Waals surface area contributed by atoms with E-state index in [-0.39, 0.29) is 24.2 Å². The summed E-state index contributed by atoms with van der Waals surface area (Å²) in [6, 6.07) is 9.06. The molecule has 0 aromatic heterocycles. The van der Waals surface area contributed by atoms with Crippen LogP contribution in [0.25, 0.3) is 0 Å². The van der Waals surface area contributed by atoms with Crippen LogP contribution in [0.2, 0.25) is 0 Å². The molecule has 1 aliphatic rings. The predicted molar refractivity (Wildman–Crippen MR) is 110 cm³/mol. The van der Waals surface area contributed by atoms with Gasteiger partial charge in [0.05, 0.1) is 20.1 Å². The molecule has 1 unspecified atom stereocenters. The molecule has 2 aromatic rings. The van der Waals surface area contributed by atoms with Gasteiger partial charge in [0.2, 0.25) is 5.91 Å². The third-order valence-electron chi connectivity index (χ3n) is 4.89. The summed E-state index contributed by atoms with van der Waals surface area (Å²) >= 11 is 0. The number of Topliss-reactive ketones (excluding diaryl/α,β-unsaturated/α-hetero) is 1. The highest BCUT2D eigenvalue weighted by Crippen LogP contribution is 2.35. The van der Waals surface area contributed by atoms with Gasteiger partial charge in [-0.2, -0.15) is 0 Å². The number of methoxy groups -OCH3 is 1. The van der Waals surface area contributed by atoms with Gasteiger partial charge in [0, 0.05) is 35.2 Å². The van der Waals surface area contributed by atoms with Crippen molar-refractivity contribution in [2.45, 2.75) is 46.3 Å². The van der Waals surface area contributed by atoms with E-state index in [0.29, 0.717) is 30.0 Å². The Morgan fingerprint density at radius 1 is 1.17 bits per heavy atom. The van der Waals surface area contributed by atoms with Crippen molar-refractivity contribution in [2.24, 2.45) is 0 Å². The fraction of sp³-hybridized carbons (Fsp3) is 0.391. The number of ketones is 1. The van der Waals surface area contributed by atoms with E-state index >= 15 is 0 Å². The average Bonchev–Trinajstić information content (AvgIpc) is 3.05. The standard InChI is InChI=1S/C23H27NO5/c1-5-28-21-10-17-8-14(2)29-22(17)11-19(21)13-24-23(26)12-18-9-16(15(3)25)6-7-20(18)27-4/h6-7,9-11,14H,5,8,12-13H2,1-4H3,(H,24,26). The number of nitrogens with one attached hydrogen (secondary N) is 1. The van der Waals surface area contributed by atoms with Crippen LogP contribution in [0.15, 0.2) is 30.3 Å². The number of ether oxygens (including phenoxy) is 3. The quantitative estimate of drug-likeness (QED) is 0.691. The highest BCUT2D eigenvalue weighted by molar-refractivity contribution is 5.94. The van der Waals surface area contributed by atoms with Gasteiger partial charge in [0.15, 0.2) is 5.78 Å². The van der Waals surface area contributed by atoms with E-state index in [1.807, 2.05) is 26.0 Å². The van der Waals surface area contributed by atoms with E-state index in [9.17, 15) is 9.59 Å². The first-order chi connectivity index (χ1) is 13.9. The normalized spacial score (nSPS) is 14.7. The zero-order chi connectivity index (χ0) is 21.0. The maximum Gasteiger partial charge on any atom is 0.224 e. The summed E-state index contributed by atoms with van der Waals surface area (Å²) in [5, 5.41) is 2.93. The highest BCUT2D eigenvalue weighted by Gasteiger charge is 2.22. The number of amides is 1. The van der Waals surface area contributed by atoms with Crippen molar-refractivity contribution in [3.8, 4) is 17.2 Å². The molecule has 2 aromatic carbocycles. The molecule has 154 valence electrons. The van der Waals surface area contributed by atoms with Crippen molar-refractivity contribution in [3.05, 3.63) is 52.6 Å². The Balaban J connectivity index is 1.72.